The van der Waals surface area contributed by atoms with E-state index in [1.165, 1.54) is 11.3 Å². The second-order valence-corrected chi connectivity index (χ2v) is 5.08. The second-order valence-electron chi connectivity index (χ2n) is 5.08. The minimum absolute atomic E-state index is 0.491. The first-order chi connectivity index (χ1) is 8.16. The molecule has 0 bridgehead atoms. The summed E-state index contributed by atoms with van der Waals surface area (Å²) in [6.45, 7) is 8.95. The summed E-state index contributed by atoms with van der Waals surface area (Å²) in [5, 5.41) is 3.45. The van der Waals surface area contributed by atoms with Crippen molar-refractivity contribution in [3.05, 3.63) is 29.1 Å². The van der Waals surface area contributed by atoms with Crippen LogP contribution in [0, 0.1) is 6.92 Å². The fourth-order valence-electron chi connectivity index (χ4n) is 2.22. The van der Waals surface area contributed by atoms with Crippen LogP contribution >= 0.6 is 0 Å². The summed E-state index contributed by atoms with van der Waals surface area (Å²) >= 11 is 0. The molecule has 17 heavy (non-hydrogen) atoms. The maximum absolute atomic E-state index is 5.47. The lowest BCUT2D eigenvalue weighted by Crippen LogP contribution is -2.24. The number of nitrogens with one attached hydrogen (secondary N) is 1. The summed E-state index contributed by atoms with van der Waals surface area (Å²) in [7, 11) is 0. The van der Waals surface area contributed by atoms with Crippen molar-refractivity contribution in [3.63, 3.8) is 0 Å². The van der Waals surface area contributed by atoms with E-state index in [2.05, 4.69) is 36.3 Å². The minimum atomic E-state index is 0.491. The van der Waals surface area contributed by atoms with Gasteiger partial charge in [0.05, 0.1) is 12.3 Å². The van der Waals surface area contributed by atoms with Crippen LogP contribution in [0.25, 0.3) is 0 Å². The molecule has 1 aromatic rings. The zero-order valence-electron chi connectivity index (χ0n) is 11.0. The van der Waals surface area contributed by atoms with Crippen molar-refractivity contribution >= 4 is 0 Å². The minimum Gasteiger partial charge on any atom is -0.381 e. The van der Waals surface area contributed by atoms with Crippen LogP contribution in [0.5, 0.6) is 0 Å². The van der Waals surface area contributed by atoms with E-state index in [9.17, 15) is 0 Å². The molecule has 2 heterocycles. The van der Waals surface area contributed by atoms with Gasteiger partial charge in [-0.15, -0.1) is 0 Å². The Kier molecular flexibility index (Phi) is 4.13. The van der Waals surface area contributed by atoms with Gasteiger partial charge in [0.15, 0.2) is 0 Å². The molecule has 0 aliphatic carbocycles. The van der Waals surface area contributed by atoms with Gasteiger partial charge in [-0.1, -0.05) is 19.9 Å². The highest BCUT2D eigenvalue weighted by Crippen LogP contribution is 2.27. The first-order valence-electron chi connectivity index (χ1n) is 6.44. The van der Waals surface area contributed by atoms with Crippen molar-refractivity contribution in [2.24, 2.45) is 0 Å². The van der Waals surface area contributed by atoms with Crippen molar-refractivity contribution in [2.45, 2.75) is 45.7 Å². The van der Waals surface area contributed by atoms with Gasteiger partial charge in [0, 0.05) is 30.8 Å². The van der Waals surface area contributed by atoms with E-state index in [0.29, 0.717) is 12.0 Å². The summed E-state index contributed by atoms with van der Waals surface area (Å²) in [5.74, 6) is 0.534. The molecule has 94 valence electrons. The normalized spacial score (nSPS) is 20.1. The third-order valence-corrected chi connectivity index (χ3v) is 3.20. The lowest BCUT2D eigenvalue weighted by Gasteiger charge is -2.16. The van der Waals surface area contributed by atoms with Gasteiger partial charge in [-0.25, -0.2) is 0 Å². The van der Waals surface area contributed by atoms with E-state index in [-0.39, 0.29) is 0 Å². The fraction of sp³-hybridized carbons (Fsp3) is 0.643. The smallest absolute Gasteiger partial charge is 0.0580 e. The Hall–Kier alpha value is -0.930. The molecule has 0 spiro atoms. The third-order valence-electron chi connectivity index (χ3n) is 3.20. The summed E-state index contributed by atoms with van der Waals surface area (Å²) in [4.78, 5) is 4.67. The number of hydrogen-bond acceptors (Lipinski definition) is 3. The van der Waals surface area contributed by atoms with Crippen molar-refractivity contribution in [2.75, 3.05) is 13.2 Å². The van der Waals surface area contributed by atoms with Gasteiger partial charge >= 0.3 is 0 Å². The monoisotopic (exact) mass is 234 g/mol. The molecule has 3 nitrogen and oxygen atoms in total. The Morgan fingerprint density at radius 3 is 2.94 bits per heavy atom. The molecule has 0 saturated carbocycles. The van der Waals surface area contributed by atoms with Gasteiger partial charge in [-0.3, -0.25) is 4.98 Å². The number of pyridine rings is 1. The van der Waals surface area contributed by atoms with Crippen LogP contribution in [0.4, 0.5) is 0 Å². The van der Waals surface area contributed by atoms with E-state index < -0.39 is 0 Å². The van der Waals surface area contributed by atoms with Crippen molar-refractivity contribution < 1.29 is 4.74 Å². The van der Waals surface area contributed by atoms with Gasteiger partial charge in [-0.05, 0) is 25.0 Å². The van der Waals surface area contributed by atoms with Gasteiger partial charge in [0.1, 0.15) is 0 Å². The molecular formula is C14H22N2O. The topological polar surface area (TPSA) is 34.1 Å². The molecule has 0 radical (unpaired) electrons. The Labute approximate surface area is 104 Å². The van der Waals surface area contributed by atoms with E-state index in [0.717, 1.165) is 31.9 Å². The number of aryl methyl sites for hydroxylation is 1. The predicted octanol–water partition coefficient (Wildman–Crippen LogP) is 2.39. The van der Waals surface area contributed by atoms with Crippen LogP contribution in [0.15, 0.2) is 12.1 Å². The van der Waals surface area contributed by atoms with Crippen LogP contribution < -0.4 is 5.32 Å². The van der Waals surface area contributed by atoms with Crippen LogP contribution in [-0.4, -0.2) is 24.2 Å². The van der Waals surface area contributed by atoms with Crippen LogP contribution in [0.1, 0.15) is 43.1 Å². The summed E-state index contributed by atoms with van der Waals surface area (Å²) in [6, 6.07) is 4.82. The molecule has 1 N–H and O–H groups in total. The fourth-order valence-corrected chi connectivity index (χ4v) is 2.22. The third kappa shape index (κ3) is 3.27. The predicted molar refractivity (Wildman–Crippen MR) is 69.1 cm³/mol. The van der Waals surface area contributed by atoms with Crippen LogP contribution in [0.2, 0.25) is 0 Å². The average Bonchev–Trinajstić information content (AvgIpc) is 2.80. The Morgan fingerprint density at radius 1 is 1.47 bits per heavy atom. The molecule has 1 aliphatic rings. The zero-order valence-corrected chi connectivity index (χ0v) is 11.0. The number of hydrogen-bond donors (Lipinski definition) is 1. The number of nitrogens with zero attached hydrogens (tertiary/aromatic N) is 1. The maximum atomic E-state index is 5.47. The summed E-state index contributed by atoms with van der Waals surface area (Å²) < 4.78 is 5.47. The number of rotatable bonds is 4. The molecular weight excluding hydrogens is 212 g/mol. The maximum Gasteiger partial charge on any atom is 0.0580 e. The Bertz CT molecular complexity index is 370. The van der Waals surface area contributed by atoms with E-state index >= 15 is 0 Å². The highest BCUT2D eigenvalue weighted by atomic mass is 16.5. The van der Waals surface area contributed by atoms with E-state index in [1.807, 2.05) is 6.92 Å². The lowest BCUT2D eigenvalue weighted by atomic mass is 9.96. The van der Waals surface area contributed by atoms with E-state index in [1.54, 1.807) is 0 Å². The lowest BCUT2D eigenvalue weighted by molar-refractivity contribution is 0.193. The standard InChI is InChI=1S/C14H22N2O/c1-10(2)15-8-14-13(5-4-11(3)16-14)12-6-7-17-9-12/h4-5,10,12,15H,6-9H2,1-3H3. The molecule has 1 fully saturated rings. The van der Waals surface area contributed by atoms with E-state index in [4.69, 9.17) is 4.74 Å². The van der Waals surface area contributed by atoms with Crippen molar-refractivity contribution in [1.29, 1.82) is 0 Å². The van der Waals surface area contributed by atoms with Gasteiger partial charge in [0.25, 0.3) is 0 Å². The van der Waals surface area contributed by atoms with Crippen LogP contribution in [0.3, 0.4) is 0 Å². The average molecular weight is 234 g/mol. The zero-order chi connectivity index (χ0) is 12.3. The molecule has 1 aromatic heterocycles. The quantitative estimate of drug-likeness (QED) is 0.868. The summed E-state index contributed by atoms with van der Waals surface area (Å²) in [6.07, 6.45) is 1.12. The van der Waals surface area contributed by atoms with Gasteiger partial charge in [-0.2, -0.15) is 0 Å². The molecule has 1 aliphatic heterocycles. The first kappa shape index (κ1) is 12.5. The first-order valence-corrected chi connectivity index (χ1v) is 6.44. The molecule has 3 heteroatoms. The Balaban J connectivity index is 2.17. The summed E-state index contributed by atoms with van der Waals surface area (Å²) in [5.41, 5.74) is 3.64. The van der Waals surface area contributed by atoms with Crippen molar-refractivity contribution in [1.82, 2.24) is 10.3 Å². The Morgan fingerprint density at radius 2 is 2.29 bits per heavy atom. The second kappa shape index (κ2) is 5.61. The highest BCUT2D eigenvalue weighted by Gasteiger charge is 2.21. The molecule has 2 rings (SSSR count). The molecule has 0 amide bonds. The number of ether oxygens (including phenoxy) is 1. The SMILES string of the molecule is Cc1ccc(C2CCOC2)c(CNC(C)C)n1. The molecule has 1 unspecified atom stereocenters. The van der Waals surface area contributed by atoms with Gasteiger partial charge in [0.2, 0.25) is 0 Å². The van der Waals surface area contributed by atoms with Crippen LogP contribution in [-0.2, 0) is 11.3 Å². The molecule has 1 atom stereocenters. The highest BCUT2D eigenvalue weighted by molar-refractivity contribution is 5.27. The molecule has 0 aromatic carbocycles. The number of aromatic nitrogens is 1. The largest absolute Gasteiger partial charge is 0.381 e. The van der Waals surface area contributed by atoms with Gasteiger partial charge < -0.3 is 10.1 Å². The molecule has 1 saturated heterocycles. The van der Waals surface area contributed by atoms with Crippen molar-refractivity contribution in [3.8, 4) is 0 Å².